The predicted octanol–water partition coefficient (Wildman–Crippen LogP) is 1.06. The van der Waals surface area contributed by atoms with Crippen LogP contribution in [0.4, 0.5) is 0 Å². The summed E-state index contributed by atoms with van der Waals surface area (Å²) in [4.78, 5) is 50.5. The summed E-state index contributed by atoms with van der Waals surface area (Å²) in [7, 11) is 0. The zero-order chi connectivity index (χ0) is 29.1. The van der Waals surface area contributed by atoms with Crippen LogP contribution in [0.25, 0.3) is 0 Å². The molecule has 3 fully saturated rings. The number of carbonyl (C=O) groups is 3. The molecule has 10 nitrogen and oxygen atoms in total. The maximum Gasteiger partial charge on any atom is 0.249 e. The molecule has 6 rings (SSSR count). The molecule has 0 aliphatic carbocycles. The summed E-state index contributed by atoms with van der Waals surface area (Å²) in [5, 5.41) is 9.29. The van der Waals surface area contributed by atoms with E-state index in [2.05, 4.69) is 4.90 Å². The molecular formula is C32H42N4O6. The number of likely N-dealkylation sites (tertiary alicyclic amines) is 1. The van der Waals surface area contributed by atoms with Gasteiger partial charge in [0.05, 0.1) is 31.2 Å². The summed E-state index contributed by atoms with van der Waals surface area (Å²) in [5.74, 6) is -1.91. The number of amides is 3. The lowest BCUT2D eigenvalue weighted by Gasteiger charge is -2.36. The van der Waals surface area contributed by atoms with E-state index in [1.807, 2.05) is 59.5 Å². The van der Waals surface area contributed by atoms with Crippen molar-refractivity contribution in [1.29, 1.82) is 0 Å². The van der Waals surface area contributed by atoms with Crippen molar-refractivity contribution in [3.8, 4) is 0 Å². The van der Waals surface area contributed by atoms with Crippen LogP contribution in [0.2, 0.25) is 0 Å². The summed E-state index contributed by atoms with van der Waals surface area (Å²) < 4.78 is 12.2. The number of rotatable bonds is 10. The highest BCUT2D eigenvalue weighted by molar-refractivity contribution is 5.99. The number of benzene rings is 1. The zero-order valence-corrected chi connectivity index (χ0v) is 24.2. The first kappa shape index (κ1) is 29.0. The Labute approximate surface area is 247 Å². The Bertz CT molecular complexity index is 1200. The SMILES string of the molecule is O=C1C2N(CCCCCO)C(=O)[C@@H]3[C@@H]4C(=O)N(Cc5ccccc5)CC=C[C@@H]4O[C@]23C=CCN1CCN1CCOCC1. The molecule has 0 bridgehead atoms. The van der Waals surface area contributed by atoms with Gasteiger partial charge in [0.25, 0.3) is 0 Å². The minimum atomic E-state index is -1.20. The molecule has 1 aromatic rings. The molecule has 3 saturated heterocycles. The molecule has 1 aromatic carbocycles. The number of morpholine rings is 1. The van der Waals surface area contributed by atoms with Crippen LogP contribution in [0.15, 0.2) is 54.6 Å². The average Bonchev–Trinajstić information content (AvgIpc) is 3.33. The number of fused-ring (bicyclic) bond motifs is 2. The first-order chi connectivity index (χ1) is 20.5. The summed E-state index contributed by atoms with van der Waals surface area (Å²) >= 11 is 0. The van der Waals surface area contributed by atoms with Gasteiger partial charge in [-0.15, -0.1) is 0 Å². The van der Waals surface area contributed by atoms with Crippen LogP contribution in [0, 0.1) is 11.8 Å². The molecule has 0 aromatic heterocycles. The molecule has 42 heavy (non-hydrogen) atoms. The maximum absolute atomic E-state index is 14.4. The molecule has 1 unspecified atom stereocenters. The van der Waals surface area contributed by atoms with Crippen molar-refractivity contribution < 1.29 is 29.0 Å². The standard InChI is InChI=1S/C32H42N4O6/c37-20-6-2-5-15-36-28-31(40)34(17-16-33-18-21-41-22-19-33)14-8-12-32(28)27(30(36)39)26-25(42-32)11-7-13-35(29(26)38)23-24-9-3-1-4-10-24/h1,3-4,7-12,25-28,37H,2,5-6,13-23H2/t25-,26+,27-,28?,32-/m0/s1. The highest BCUT2D eigenvalue weighted by atomic mass is 16.5. The van der Waals surface area contributed by atoms with E-state index in [1.54, 1.807) is 9.80 Å². The van der Waals surface area contributed by atoms with Gasteiger partial charge in [-0.2, -0.15) is 0 Å². The first-order valence-electron chi connectivity index (χ1n) is 15.4. The average molecular weight is 579 g/mol. The van der Waals surface area contributed by atoms with E-state index in [9.17, 15) is 19.5 Å². The highest BCUT2D eigenvalue weighted by Crippen LogP contribution is 2.53. The van der Waals surface area contributed by atoms with Gasteiger partial charge in [0, 0.05) is 59.0 Å². The van der Waals surface area contributed by atoms with Crippen molar-refractivity contribution in [3.63, 3.8) is 0 Å². The van der Waals surface area contributed by atoms with Gasteiger partial charge in [-0.05, 0) is 24.8 Å². The third kappa shape index (κ3) is 5.41. The quantitative estimate of drug-likeness (QED) is 0.327. The van der Waals surface area contributed by atoms with E-state index in [0.717, 1.165) is 31.6 Å². The fourth-order valence-electron chi connectivity index (χ4n) is 7.28. The van der Waals surface area contributed by atoms with Gasteiger partial charge in [-0.1, -0.05) is 54.6 Å². The molecule has 5 heterocycles. The highest BCUT2D eigenvalue weighted by Gasteiger charge is 2.71. The van der Waals surface area contributed by atoms with Crippen molar-refractivity contribution in [2.45, 2.75) is 43.6 Å². The van der Waals surface area contributed by atoms with Crippen LogP contribution in [0.5, 0.6) is 0 Å². The summed E-state index contributed by atoms with van der Waals surface area (Å²) in [5.41, 5.74) is -0.183. The number of carbonyl (C=O) groups excluding carboxylic acids is 3. The minimum absolute atomic E-state index is 0.0892. The van der Waals surface area contributed by atoms with Crippen LogP contribution < -0.4 is 0 Å². The second-order valence-corrected chi connectivity index (χ2v) is 11.9. The van der Waals surface area contributed by atoms with E-state index >= 15 is 0 Å². The predicted molar refractivity (Wildman–Crippen MR) is 155 cm³/mol. The molecule has 0 saturated carbocycles. The molecule has 5 aliphatic rings. The number of aliphatic hydroxyl groups excluding tert-OH is 1. The van der Waals surface area contributed by atoms with Crippen LogP contribution in [0.3, 0.4) is 0 Å². The first-order valence-corrected chi connectivity index (χ1v) is 15.4. The van der Waals surface area contributed by atoms with Crippen molar-refractivity contribution in [2.24, 2.45) is 11.8 Å². The van der Waals surface area contributed by atoms with Gasteiger partial charge in [0.15, 0.2) is 0 Å². The summed E-state index contributed by atoms with van der Waals surface area (Å²) in [6.45, 7) is 6.13. The lowest BCUT2D eigenvalue weighted by molar-refractivity contribution is -0.148. The number of ether oxygens (including phenoxy) is 2. The van der Waals surface area contributed by atoms with E-state index in [0.29, 0.717) is 58.8 Å². The maximum atomic E-state index is 14.4. The Morgan fingerprint density at radius 2 is 1.64 bits per heavy atom. The minimum Gasteiger partial charge on any atom is -0.396 e. The van der Waals surface area contributed by atoms with Crippen LogP contribution in [0.1, 0.15) is 24.8 Å². The van der Waals surface area contributed by atoms with Gasteiger partial charge >= 0.3 is 0 Å². The Morgan fingerprint density at radius 1 is 0.857 bits per heavy atom. The molecular weight excluding hydrogens is 536 g/mol. The fourth-order valence-corrected chi connectivity index (χ4v) is 7.28. The van der Waals surface area contributed by atoms with Gasteiger partial charge in [-0.25, -0.2) is 0 Å². The molecule has 5 atom stereocenters. The van der Waals surface area contributed by atoms with Crippen LogP contribution in [-0.4, -0.2) is 126 Å². The summed E-state index contributed by atoms with van der Waals surface area (Å²) in [6, 6.07) is 9.02. The Kier molecular flexibility index (Phi) is 8.76. The monoisotopic (exact) mass is 578 g/mol. The largest absolute Gasteiger partial charge is 0.396 e. The van der Waals surface area contributed by atoms with Crippen molar-refractivity contribution >= 4 is 17.7 Å². The normalized spacial score (nSPS) is 31.3. The number of nitrogens with zero attached hydrogens (tertiary/aromatic N) is 4. The molecule has 3 amide bonds. The fraction of sp³-hybridized carbons (Fsp3) is 0.594. The van der Waals surface area contributed by atoms with Gasteiger partial charge in [0.2, 0.25) is 17.7 Å². The third-order valence-corrected chi connectivity index (χ3v) is 9.39. The number of unbranched alkanes of at least 4 members (excludes halogenated alkanes) is 2. The van der Waals surface area contributed by atoms with Gasteiger partial charge in [0.1, 0.15) is 11.6 Å². The number of aliphatic hydroxyl groups is 1. The molecule has 10 heteroatoms. The second-order valence-electron chi connectivity index (χ2n) is 11.9. The van der Waals surface area contributed by atoms with Crippen molar-refractivity contribution in [2.75, 3.05) is 65.6 Å². The Balaban J connectivity index is 1.29. The number of hydrogen-bond acceptors (Lipinski definition) is 7. The lowest BCUT2D eigenvalue weighted by atomic mass is 9.77. The molecule has 0 radical (unpaired) electrons. The van der Waals surface area contributed by atoms with Crippen LogP contribution in [-0.2, 0) is 30.4 Å². The van der Waals surface area contributed by atoms with E-state index < -0.39 is 29.6 Å². The Hall–Kier alpha value is -3.05. The molecule has 1 spiro atoms. The lowest BCUT2D eigenvalue weighted by Crippen LogP contribution is -2.56. The number of hydrogen-bond donors (Lipinski definition) is 1. The molecule has 226 valence electrons. The van der Waals surface area contributed by atoms with Crippen molar-refractivity contribution in [1.82, 2.24) is 19.6 Å². The summed E-state index contributed by atoms with van der Waals surface area (Å²) in [6.07, 6.45) is 9.20. The van der Waals surface area contributed by atoms with E-state index in [4.69, 9.17) is 9.47 Å². The van der Waals surface area contributed by atoms with Gasteiger partial charge in [-0.3, -0.25) is 19.3 Å². The third-order valence-electron chi connectivity index (χ3n) is 9.39. The molecule has 1 N–H and O–H groups in total. The second kappa shape index (κ2) is 12.7. The van der Waals surface area contributed by atoms with Crippen molar-refractivity contribution in [3.05, 3.63) is 60.2 Å². The topological polar surface area (TPSA) is 103 Å². The Morgan fingerprint density at radius 3 is 2.43 bits per heavy atom. The van der Waals surface area contributed by atoms with E-state index in [1.165, 1.54) is 0 Å². The van der Waals surface area contributed by atoms with Crippen LogP contribution >= 0.6 is 0 Å². The smallest absolute Gasteiger partial charge is 0.249 e. The van der Waals surface area contributed by atoms with Gasteiger partial charge < -0.3 is 29.3 Å². The van der Waals surface area contributed by atoms with E-state index in [-0.39, 0.29) is 24.3 Å². The zero-order valence-electron chi connectivity index (χ0n) is 24.2. The molecule has 5 aliphatic heterocycles.